The van der Waals surface area contributed by atoms with Gasteiger partial charge in [-0.1, -0.05) is 0 Å². The van der Waals surface area contributed by atoms with Crippen molar-refractivity contribution >= 4 is 15.7 Å². The van der Waals surface area contributed by atoms with Crippen LogP contribution < -0.4 is 15.2 Å². The maximum Gasteiger partial charge on any atom is 0.244 e. The first kappa shape index (κ1) is 13.4. The summed E-state index contributed by atoms with van der Waals surface area (Å²) in [6.45, 7) is 0.111. The smallest absolute Gasteiger partial charge is 0.244 e. The van der Waals surface area contributed by atoms with Gasteiger partial charge in [0.05, 0.1) is 20.0 Å². The van der Waals surface area contributed by atoms with Crippen LogP contribution >= 0.6 is 0 Å². The van der Waals surface area contributed by atoms with Crippen molar-refractivity contribution in [2.75, 3.05) is 12.8 Å². The molecular formula is C11H14N4O3S. The average Bonchev–Trinajstić information content (AvgIpc) is 2.89. The molecule has 0 unspecified atom stereocenters. The molecule has 1 heterocycles. The maximum atomic E-state index is 12.2. The van der Waals surface area contributed by atoms with Crippen LogP contribution in [0.4, 0.5) is 5.69 Å². The molecule has 7 nitrogen and oxygen atoms in total. The minimum Gasteiger partial charge on any atom is -0.495 e. The summed E-state index contributed by atoms with van der Waals surface area (Å²) in [6, 6.07) is 4.45. The van der Waals surface area contributed by atoms with Gasteiger partial charge in [0.25, 0.3) is 0 Å². The number of nitrogens with one attached hydrogen (secondary N) is 2. The Balaban J connectivity index is 2.26. The van der Waals surface area contributed by atoms with Crippen LogP contribution in [0.1, 0.15) is 5.69 Å². The highest BCUT2D eigenvalue weighted by atomic mass is 32.2. The molecule has 0 bridgehead atoms. The summed E-state index contributed by atoms with van der Waals surface area (Å²) in [5.41, 5.74) is 6.61. The summed E-state index contributed by atoms with van der Waals surface area (Å²) in [4.78, 5) is 6.62. The number of nitrogens with zero attached hydrogens (tertiary/aromatic N) is 1. The molecule has 8 heteroatoms. The molecule has 0 saturated heterocycles. The normalized spacial score (nSPS) is 11.4. The largest absolute Gasteiger partial charge is 0.495 e. The van der Waals surface area contributed by atoms with E-state index in [-0.39, 0.29) is 17.2 Å². The number of nitrogen functional groups attached to an aromatic ring is 1. The lowest BCUT2D eigenvalue weighted by atomic mass is 10.3. The Morgan fingerprint density at radius 1 is 1.47 bits per heavy atom. The first-order valence-electron chi connectivity index (χ1n) is 5.43. The number of benzene rings is 1. The molecule has 1 aromatic carbocycles. The fourth-order valence-corrected chi connectivity index (χ4v) is 2.74. The van der Waals surface area contributed by atoms with Crippen LogP contribution in [-0.2, 0) is 16.6 Å². The number of nitrogens with two attached hydrogens (primary N) is 1. The van der Waals surface area contributed by atoms with Crippen molar-refractivity contribution < 1.29 is 13.2 Å². The van der Waals surface area contributed by atoms with Crippen molar-refractivity contribution in [1.29, 1.82) is 0 Å². The summed E-state index contributed by atoms with van der Waals surface area (Å²) < 4.78 is 31.8. The number of H-pyrrole nitrogens is 1. The highest BCUT2D eigenvalue weighted by Crippen LogP contribution is 2.25. The van der Waals surface area contributed by atoms with E-state index in [1.807, 2.05) is 0 Å². The predicted molar refractivity (Wildman–Crippen MR) is 70.0 cm³/mol. The summed E-state index contributed by atoms with van der Waals surface area (Å²) in [7, 11) is -2.30. The van der Waals surface area contributed by atoms with E-state index in [1.165, 1.54) is 25.6 Å². The Kier molecular flexibility index (Phi) is 3.72. The minimum atomic E-state index is -3.70. The molecular weight excluding hydrogens is 268 g/mol. The number of aromatic nitrogens is 2. The number of sulfonamides is 1. The van der Waals surface area contributed by atoms with Crippen LogP contribution in [-0.4, -0.2) is 25.5 Å². The molecule has 0 aliphatic rings. The van der Waals surface area contributed by atoms with Crippen LogP contribution in [0.3, 0.4) is 0 Å². The van der Waals surface area contributed by atoms with E-state index in [4.69, 9.17) is 10.5 Å². The van der Waals surface area contributed by atoms with Gasteiger partial charge in [-0.15, -0.1) is 0 Å². The first-order valence-corrected chi connectivity index (χ1v) is 6.91. The number of rotatable bonds is 5. The molecule has 0 radical (unpaired) electrons. The summed E-state index contributed by atoms with van der Waals surface area (Å²) in [5.74, 6) is 0.242. The van der Waals surface area contributed by atoms with Crippen molar-refractivity contribution in [3.05, 3.63) is 36.4 Å². The molecule has 102 valence electrons. The van der Waals surface area contributed by atoms with Gasteiger partial charge in [-0.05, 0) is 18.2 Å². The molecule has 0 saturated carbocycles. The second kappa shape index (κ2) is 5.29. The van der Waals surface area contributed by atoms with Crippen molar-refractivity contribution in [2.24, 2.45) is 0 Å². The monoisotopic (exact) mass is 282 g/mol. The summed E-state index contributed by atoms with van der Waals surface area (Å²) in [5, 5.41) is 0. The van der Waals surface area contributed by atoms with Gasteiger partial charge in [0.1, 0.15) is 10.6 Å². The highest BCUT2D eigenvalue weighted by molar-refractivity contribution is 7.89. The summed E-state index contributed by atoms with van der Waals surface area (Å²) >= 11 is 0. The van der Waals surface area contributed by atoms with Crippen LogP contribution in [0.5, 0.6) is 5.75 Å². The Labute approximate surface area is 110 Å². The van der Waals surface area contributed by atoms with Gasteiger partial charge in [0.15, 0.2) is 0 Å². The fourth-order valence-electron chi connectivity index (χ4n) is 1.54. The van der Waals surface area contributed by atoms with Crippen molar-refractivity contribution in [2.45, 2.75) is 11.4 Å². The third-order valence-electron chi connectivity index (χ3n) is 2.48. The maximum absolute atomic E-state index is 12.2. The second-order valence-corrected chi connectivity index (χ2v) is 5.55. The SMILES string of the molecule is COc1ccc(N)cc1S(=O)(=O)NCc1cnc[nH]1. The van der Waals surface area contributed by atoms with E-state index in [1.54, 1.807) is 12.3 Å². The first-order chi connectivity index (χ1) is 9.03. The molecule has 0 fully saturated rings. The van der Waals surface area contributed by atoms with E-state index in [0.29, 0.717) is 11.4 Å². The average molecular weight is 282 g/mol. The fraction of sp³-hybridized carbons (Fsp3) is 0.182. The van der Waals surface area contributed by atoms with Gasteiger partial charge >= 0.3 is 0 Å². The zero-order valence-corrected chi connectivity index (χ0v) is 11.1. The number of hydrogen-bond donors (Lipinski definition) is 3. The molecule has 2 aromatic rings. The zero-order chi connectivity index (χ0) is 13.9. The second-order valence-electron chi connectivity index (χ2n) is 3.81. The van der Waals surface area contributed by atoms with Crippen molar-refractivity contribution in [1.82, 2.24) is 14.7 Å². The molecule has 19 heavy (non-hydrogen) atoms. The lowest BCUT2D eigenvalue weighted by molar-refractivity contribution is 0.402. The third kappa shape index (κ3) is 3.04. The molecule has 4 N–H and O–H groups in total. The number of anilines is 1. The molecule has 0 atom stereocenters. The Hall–Kier alpha value is -2.06. The molecule has 0 aliphatic carbocycles. The van der Waals surface area contributed by atoms with Gasteiger partial charge < -0.3 is 15.5 Å². The van der Waals surface area contributed by atoms with Gasteiger partial charge in [-0.3, -0.25) is 0 Å². The standard InChI is InChI=1S/C11H14N4O3S/c1-18-10-3-2-8(12)4-11(10)19(16,17)15-6-9-5-13-7-14-9/h2-5,7,15H,6,12H2,1H3,(H,13,14). The van der Waals surface area contributed by atoms with Crippen LogP contribution in [0, 0.1) is 0 Å². The highest BCUT2D eigenvalue weighted by Gasteiger charge is 2.19. The van der Waals surface area contributed by atoms with E-state index in [9.17, 15) is 8.42 Å². The lowest BCUT2D eigenvalue weighted by Gasteiger charge is -2.10. The van der Waals surface area contributed by atoms with Gasteiger partial charge in [0, 0.05) is 17.6 Å². The van der Waals surface area contributed by atoms with Gasteiger partial charge in [-0.2, -0.15) is 0 Å². The van der Waals surface area contributed by atoms with Gasteiger partial charge in [0.2, 0.25) is 10.0 Å². The number of ether oxygens (including phenoxy) is 1. The number of imidazole rings is 1. The number of aromatic amines is 1. The van der Waals surface area contributed by atoms with E-state index >= 15 is 0 Å². The molecule has 0 amide bonds. The van der Waals surface area contributed by atoms with E-state index < -0.39 is 10.0 Å². The Morgan fingerprint density at radius 3 is 2.89 bits per heavy atom. The van der Waals surface area contributed by atoms with E-state index in [0.717, 1.165) is 0 Å². The van der Waals surface area contributed by atoms with Crippen LogP contribution in [0.25, 0.3) is 0 Å². The molecule has 0 spiro atoms. The van der Waals surface area contributed by atoms with Crippen LogP contribution in [0.2, 0.25) is 0 Å². The topological polar surface area (TPSA) is 110 Å². The van der Waals surface area contributed by atoms with Crippen molar-refractivity contribution in [3.63, 3.8) is 0 Å². The Bertz CT molecular complexity index is 653. The quantitative estimate of drug-likeness (QED) is 0.691. The Morgan fingerprint density at radius 2 is 2.26 bits per heavy atom. The van der Waals surface area contributed by atoms with Crippen molar-refractivity contribution in [3.8, 4) is 5.75 Å². The zero-order valence-electron chi connectivity index (χ0n) is 10.3. The molecule has 2 rings (SSSR count). The minimum absolute atomic E-state index is 0.00881. The number of hydrogen-bond acceptors (Lipinski definition) is 5. The lowest BCUT2D eigenvalue weighted by Crippen LogP contribution is -2.24. The molecule has 1 aromatic heterocycles. The third-order valence-corrected chi connectivity index (χ3v) is 3.91. The van der Waals surface area contributed by atoms with E-state index in [2.05, 4.69) is 14.7 Å². The van der Waals surface area contributed by atoms with Gasteiger partial charge in [-0.25, -0.2) is 18.1 Å². The van der Waals surface area contributed by atoms with Crippen LogP contribution in [0.15, 0.2) is 35.6 Å². The number of methoxy groups -OCH3 is 1. The predicted octanol–water partition coefficient (Wildman–Crippen LogP) is 0.479. The summed E-state index contributed by atoms with van der Waals surface area (Å²) in [6.07, 6.45) is 3.02. The molecule has 0 aliphatic heterocycles.